The molecule has 0 fully saturated rings. The molecule has 1 atom stereocenters. The first-order valence-corrected chi connectivity index (χ1v) is 8.56. The zero-order valence-electron chi connectivity index (χ0n) is 11.8. The van der Waals surface area contributed by atoms with E-state index in [-0.39, 0.29) is 6.04 Å². The van der Waals surface area contributed by atoms with Gasteiger partial charge in [-0.15, -0.1) is 0 Å². The third kappa shape index (κ3) is 4.15. The molecule has 112 valence electrons. The second-order valence-corrected chi connectivity index (χ2v) is 6.84. The van der Waals surface area contributed by atoms with E-state index in [4.69, 9.17) is 16.3 Å². The first-order valence-electron chi connectivity index (χ1n) is 6.60. The number of methoxy groups -OCH3 is 1. The maximum atomic E-state index is 6.14. The van der Waals surface area contributed by atoms with Crippen LogP contribution in [-0.2, 0) is 0 Å². The molecule has 0 aromatic heterocycles. The van der Waals surface area contributed by atoms with Gasteiger partial charge in [-0.05, 0) is 52.2 Å². The van der Waals surface area contributed by atoms with Gasteiger partial charge in [0.1, 0.15) is 0 Å². The Balaban J connectivity index is 2.35. The van der Waals surface area contributed by atoms with Gasteiger partial charge >= 0.3 is 0 Å². The van der Waals surface area contributed by atoms with Crippen LogP contribution in [0, 0.1) is 0 Å². The molecule has 0 aliphatic carbocycles. The molecule has 2 rings (SSSR count). The number of benzene rings is 2. The van der Waals surface area contributed by atoms with Gasteiger partial charge in [-0.25, -0.2) is 0 Å². The van der Waals surface area contributed by atoms with Crippen molar-refractivity contribution in [1.82, 2.24) is 0 Å². The van der Waals surface area contributed by atoms with Gasteiger partial charge in [0.25, 0.3) is 0 Å². The summed E-state index contributed by atoms with van der Waals surface area (Å²) in [6, 6.07) is 12.2. The highest BCUT2D eigenvalue weighted by Gasteiger charge is 2.15. The van der Waals surface area contributed by atoms with Crippen LogP contribution in [0.5, 0.6) is 5.75 Å². The summed E-state index contributed by atoms with van der Waals surface area (Å²) in [6.45, 7) is 2.14. The van der Waals surface area contributed by atoms with Gasteiger partial charge in [0.05, 0.1) is 23.3 Å². The Bertz CT molecular complexity index is 634. The van der Waals surface area contributed by atoms with Gasteiger partial charge in [0.2, 0.25) is 0 Å². The molecular formula is C16H16Br2ClNO. The first kappa shape index (κ1) is 16.7. The maximum absolute atomic E-state index is 6.14. The van der Waals surface area contributed by atoms with Gasteiger partial charge in [-0.3, -0.25) is 0 Å². The molecule has 0 aliphatic rings. The Morgan fingerprint density at radius 2 is 2.00 bits per heavy atom. The van der Waals surface area contributed by atoms with Gasteiger partial charge in [-0.1, -0.05) is 46.6 Å². The molecule has 0 saturated heterocycles. The smallest absolute Gasteiger partial charge is 0.156 e. The largest absolute Gasteiger partial charge is 0.493 e. The lowest BCUT2D eigenvalue weighted by Gasteiger charge is -2.21. The number of halogens is 3. The van der Waals surface area contributed by atoms with Crippen LogP contribution in [0.3, 0.4) is 0 Å². The van der Waals surface area contributed by atoms with Crippen molar-refractivity contribution in [1.29, 1.82) is 0 Å². The lowest BCUT2D eigenvalue weighted by atomic mass is 10.0. The number of hydrogen-bond donors (Lipinski definition) is 1. The van der Waals surface area contributed by atoms with Crippen molar-refractivity contribution in [2.24, 2.45) is 0 Å². The van der Waals surface area contributed by atoms with Crippen LogP contribution in [0.15, 0.2) is 45.3 Å². The summed E-state index contributed by atoms with van der Waals surface area (Å²) in [5.74, 6) is 0.757. The number of hydrogen-bond acceptors (Lipinski definition) is 2. The fourth-order valence-electron chi connectivity index (χ4n) is 2.21. The number of nitrogens with one attached hydrogen (secondary N) is 1. The SMILES string of the molecule is CCC(Nc1cc(Cl)cc(Br)c1OC)c1cccc(Br)c1. The summed E-state index contributed by atoms with van der Waals surface area (Å²) in [5, 5.41) is 4.17. The van der Waals surface area contributed by atoms with E-state index in [2.05, 4.69) is 56.2 Å². The van der Waals surface area contributed by atoms with Crippen molar-refractivity contribution >= 4 is 49.1 Å². The third-order valence-corrected chi connectivity index (χ3v) is 4.50. The number of ether oxygens (including phenoxy) is 1. The minimum atomic E-state index is 0.182. The van der Waals surface area contributed by atoms with E-state index in [1.54, 1.807) is 7.11 Å². The van der Waals surface area contributed by atoms with E-state index in [9.17, 15) is 0 Å². The molecule has 2 nitrogen and oxygen atoms in total. The second-order valence-electron chi connectivity index (χ2n) is 4.63. The third-order valence-electron chi connectivity index (χ3n) is 3.20. The normalized spacial score (nSPS) is 12.0. The molecule has 1 unspecified atom stereocenters. The highest BCUT2D eigenvalue weighted by atomic mass is 79.9. The molecule has 2 aromatic carbocycles. The maximum Gasteiger partial charge on any atom is 0.156 e. The fraction of sp³-hybridized carbons (Fsp3) is 0.250. The quantitative estimate of drug-likeness (QED) is 0.586. The average molecular weight is 434 g/mol. The molecule has 21 heavy (non-hydrogen) atoms. The van der Waals surface area contributed by atoms with Crippen molar-refractivity contribution in [3.05, 3.63) is 55.9 Å². The average Bonchev–Trinajstić information content (AvgIpc) is 2.44. The standard InChI is InChI=1S/C16H16Br2ClNO/c1-3-14(10-5-4-6-11(17)7-10)20-15-9-12(19)8-13(18)16(15)21-2/h4-9,14,20H,3H2,1-2H3. The Labute approximate surface area is 147 Å². The van der Waals surface area contributed by atoms with Crippen molar-refractivity contribution in [2.45, 2.75) is 19.4 Å². The van der Waals surface area contributed by atoms with Gasteiger partial charge in [0, 0.05) is 9.50 Å². The highest BCUT2D eigenvalue weighted by molar-refractivity contribution is 9.10. The van der Waals surface area contributed by atoms with Crippen LogP contribution in [0.2, 0.25) is 5.02 Å². The molecule has 2 aromatic rings. The molecular weight excluding hydrogens is 417 g/mol. The van der Waals surface area contributed by atoms with Gasteiger partial charge < -0.3 is 10.1 Å². The van der Waals surface area contributed by atoms with Gasteiger partial charge in [0.15, 0.2) is 5.75 Å². The zero-order chi connectivity index (χ0) is 15.4. The number of anilines is 1. The Kier molecular flexibility index (Phi) is 5.97. The summed E-state index contributed by atoms with van der Waals surface area (Å²) in [7, 11) is 1.65. The molecule has 0 heterocycles. The summed E-state index contributed by atoms with van der Waals surface area (Å²) in [4.78, 5) is 0. The van der Waals surface area contributed by atoms with Crippen LogP contribution in [0.25, 0.3) is 0 Å². The lowest BCUT2D eigenvalue weighted by molar-refractivity contribution is 0.413. The van der Waals surface area contributed by atoms with Crippen LogP contribution >= 0.6 is 43.5 Å². The van der Waals surface area contributed by atoms with E-state index in [1.807, 2.05) is 24.3 Å². The predicted molar refractivity (Wildman–Crippen MR) is 96.5 cm³/mol. The summed E-state index contributed by atoms with van der Waals surface area (Å²) < 4.78 is 7.36. The minimum Gasteiger partial charge on any atom is -0.493 e. The van der Waals surface area contributed by atoms with E-state index in [1.165, 1.54) is 5.56 Å². The van der Waals surface area contributed by atoms with E-state index in [0.29, 0.717) is 5.02 Å². The fourth-order valence-corrected chi connectivity index (χ4v) is 3.60. The van der Waals surface area contributed by atoms with Crippen molar-refractivity contribution in [2.75, 3.05) is 12.4 Å². The van der Waals surface area contributed by atoms with Crippen LogP contribution in [0.4, 0.5) is 5.69 Å². The lowest BCUT2D eigenvalue weighted by Crippen LogP contribution is -2.10. The Morgan fingerprint density at radius 3 is 2.62 bits per heavy atom. The van der Waals surface area contributed by atoms with E-state index < -0.39 is 0 Å². The summed E-state index contributed by atoms with van der Waals surface area (Å²) in [6.07, 6.45) is 0.948. The molecule has 0 bridgehead atoms. The summed E-state index contributed by atoms with van der Waals surface area (Å²) in [5.41, 5.74) is 2.09. The highest BCUT2D eigenvalue weighted by Crippen LogP contribution is 2.38. The van der Waals surface area contributed by atoms with Crippen LogP contribution < -0.4 is 10.1 Å². The zero-order valence-corrected chi connectivity index (χ0v) is 15.7. The Morgan fingerprint density at radius 1 is 1.24 bits per heavy atom. The van der Waals surface area contributed by atoms with Crippen LogP contribution in [0.1, 0.15) is 24.9 Å². The van der Waals surface area contributed by atoms with E-state index >= 15 is 0 Å². The predicted octanol–water partition coefficient (Wildman–Crippen LogP) is 6.44. The second kappa shape index (κ2) is 7.52. The number of rotatable bonds is 5. The van der Waals surface area contributed by atoms with Crippen LogP contribution in [-0.4, -0.2) is 7.11 Å². The first-order chi connectivity index (χ1) is 10.0. The van der Waals surface area contributed by atoms with E-state index in [0.717, 1.165) is 26.8 Å². The molecule has 0 amide bonds. The monoisotopic (exact) mass is 431 g/mol. The van der Waals surface area contributed by atoms with Crippen molar-refractivity contribution in [3.63, 3.8) is 0 Å². The summed E-state index contributed by atoms with van der Waals surface area (Å²) >= 11 is 13.1. The Hall–Kier alpha value is -0.710. The molecule has 0 saturated carbocycles. The van der Waals surface area contributed by atoms with Gasteiger partial charge in [-0.2, -0.15) is 0 Å². The molecule has 1 N–H and O–H groups in total. The minimum absolute atomic E-state index is 0.182. The molecule has 0 radical (unpaired) electrons. The molecule has 0 spiro atoms. The molecule has 0 aliphatic heterocycles. The topological polar surface area (TPSA) is 21.3 Å². The van der Waals surface area contributed by atoms with Crippen molar-refractivity contribution < 1.29 is 4.74 Å². The van der Waals surface area contributed by atoms with Crippen molar-refractivity contribution in [3.8, 4) is 5.75 Å². The molecule has 5 heteroatoms.